The van der Waals surface area contributed by atoms with E-state index in [1.165, 1.54) is 0 Å². The van der Waals surface area contributed by atoms with Crippen molar-refractivity contribution in [2.75, 3.05) is 26.2 Å². The first-order chi connectivity index (χ1) is 7.13. The summed E-state index contributed by atoms with van der Waals surface area (Å²) < 4.78 is 4.86. The second-order valence-electron chi connectivity index (χ2n) is 4.26. The number of hydrogen-bond donors (Lipinski definition) is 1. The summed E-state index contributed by atoms with van der Waals surface area (Å²) in [5.74, 6) is -0.152. The molecule has 0 radical (unpaired) electrons. The summed E-state index contributed by atoms with van der Waals surface area (Å²) in [6.07, 6.45) is 1.12. The van der Waals surface area contributed by atoms with Gasteiger partial charge in [-0.2, -0.15) is 0 Å². The van der Waals surface area contributed by atoms with Crippen LogP contribution in [0.5, 0.6) is 0 Å². The Bertz CT molecular complexity index is 207. The van der Waals surface area contributed by atoms with Crippen LogP contribution in [0.25, 0.3) is 0 Å². The zero-order valence-electron chi connectivity index (χ0n) is 9.95. The number of nitrogens with one attached hydrogen (secondary N) is 1. The molecule has 0 amide bonds. The Hall–Kier alpha value is -0.610. The number of rotatable bonds is 5. The van der Waals surface area contributed by atoms with Gasteiger partial charge in [-0.1, -0.05) is 0 Å². The second kappa shape index (κ2) is 6.08. The molecule has 1 aliphatic rings. The summed E-state index contributed by atoms with van der Waals surface area (Å²) in [6.45, 7) is 9.19. The van der Waals surface area contributed by atoms with Gasteiger partial charge in [-0.15, -0.1) is 0 Å². The van der Waals surface area contributed by atoms with Crippen LogP contribution in [0, 0.1) is 0 Å². The summed E-state index contributed by atoms with van der Waals surface area (Å²) in [7, 11) is 0. The molecule has 1 fully saturated rings. The van der Waals surface area contributed by atoms with Crippen molar-refractivity contribution in [1.29, 1.82) is 0 Å². The van der Waals surface area contributed by atoms with E-state index < -0.39 is 0 Å². The van der Waals surface area contributed by atoms with Gasteiger partial charge in [0.05, 0.1) is 13.2 Å². The second-order valence-corrected chi connectivity index (χ2v) is 4.26. The van der Waals surface area contributed by atoms with Gasteiger partial charge in [-0.3, -0.25) is 9.69 Å². The van der Waals surface area contributed by atoms with Gasteiger partial charge < -0.3 is 10.1 Å². The average Bonchev–Trinajstić information content (AvgIpc) is 2.63. The van der Waals surface area contributed by atoms with Crippen LogP contribution in [0.2, 0.25) is 0 Å². The highest BCUT2D eigenvalue weighted by molar-refractivity contribution is 5.71. The van der Waals surface area contributed by atoms with E-state index in [0.717, 1.165) is 19.5 Å². The van der Waals surface area contributed by atoms with Gasteiger partial charge >= 0.3 is 5.97 Å². The number of carbonyl (C=O) groups excluding carboxylic acids is 1. The third kappa shape index (κ3) is 4.18. The fourth-order valence-corrected chi connectivity index (χ4v) is 1.86. The summed E-state index contributed by atoms with van der Waals surface area (Å²) in [5, 5.41) is 3.23. The Morgan fingerprint density at radius 1 is 1.60 bits per heavy atom. The Labute approximate surface area is 92.0 Å². The number of likely N-dealkylation sites (tertiary alicyclic amines) is 1. The van der Waals surface area contributed by atoms with Crippen molar-refractivity contribution in [3.63, 3.8) is 0 Å². The van der Waals surface area contributed by atoms with Gasteiger partial charge in [0.1, 0.15) is 0 Å². The van der Waals surface area contributed by atoms with Gasteiger partial charge in [0, 0.05) is 18.6 Å². The zero-order valence-corrected chi connectivity index (χ0v) is 9.95. The molecule has 0 aromatic heterocycles. The molecule has 1 unspecified atom stereocenters. The standard InChI is InChI=1S/C11H22N2O2/c1-4-15-11(14)7-12-10-5-6-13(8-10)9(2)3/h9-10,12H,4-8H2,1-3H3. The molecule has 4 heteroatoms. The van der Waals surface area contributed by atoms with E-state index in [1.54, 1.807) is 0 Å². The van der Waals surface area contributed by atoms with Gasteiger partial charge in [0.15, 0.2) is 0 Å². The summed E-state index contributed by atoms with van der Waals surface area (Å²) in [6, 6.07) is 1.04. The van der Waals surface area contributed by atoms with Crippen LogP contribution >= 0.6 is 0 Å². The molecule has 1 rings (SSSR count). The summed E-state index contributed by atoms with van der Waals surface area (Å²) in [4.78, 5) is 13.5. The molecule has 1 saturated heterocycles. The van der Waals surface area contributed by atoms with Crippen LogP contribution in [0.1, 0.15) is 27.2 Å². The number of nitrogens with zero attached hydrogens (tertiary/aromatic N) is 1. The number of ether oxygens (including phenoxy) is 1. The van der Waals surface area contributed by atoms with Crippen molar-refractivity contribution in [1.82, 2.24) is 10.2 Å². The molecule has 1 atom stereocenters. The topological polar surface area (TPSA) is 41.6 Å². The van der Waals surface area contributed by atoms with Crippen molar-refractivity contribution >= 4 is 5.97 Å². The Morgan fingerprint density at radius 2 is 2.33 bits per heavy atom. The molecule has 0 aliphatic carbocycles. The molecule has 0 saturated carbocycles. The average molecular weight is 214 g/mol. The maximum absolute atomic E-state index is 11.1. The van der Waals surface area contributed by atoms with Crippen molar-refractivity contribution < 1.29 is 9.53 Å². The van der Waals surface area contributed by atoms with Crippen molar-refractivity contribution in [2.24, 2.45) is 0 Å². The van der Waals surface area contributed by atoms with Crippen LogP contribution in [-0.2, 0) is 9.53 Å². The number of carbonyl (C=O) groups is 1. The van der Waals surface area contributed by atoms with Crippen molar-refractivity contribution in [3.05, 3.63) is 0 Å². The molecule has 88 valence electrons. The van der Waals surface area contributed by atoms with Crippen LogP contribution in [0.15, 0.2) is 0 Å². The number of esters is 1. The molecule has 1 N–H and O–H groups in total. The van der Waals surface area contributed by atoms with E-state index >= 15 is 0 Å². The lowest BCUT2D eigenvalue weighted by molar-refractivity contribution is -0.142. The minimum Gasteiger partial charge on any atom is -0.465 e. The summed E-state index contributed by atoms with van der Waals surface area (Å²) >= 11 is 0. The molecular formula is C11H22N2O2. The zero-order chi connectivity index (χ0) is 11.3. The first kappa shape index (κ1) is 12.5. The maximum Gasteiger partial charge on any atom is 0.319 e. The normalized spacial score (nSPS) is 22.3. The number of hydrogen-bond acceptors (Lipinski definition) is 4. The lowest BCUT2D eigenvalue weighted by Gasteiger charge is -2.20. The Balaban J connectivity index is 2.16. The fraction of sp³-hybridized carbons (Fsp3) is 0.909. The highest BCUT2D eigenvalue weighted by atomic mass is 16.5. The molecule has 1 heterocycles. The Morgan fingerprint density at radius 3 is 2.87 bits per heavy atom. The van der Waals surface area contributed by atoms with Gasteiger partial charge in [0.2, 0.25) is 0 Å². The molecule has 0 bridgehead atoms. The maximum atomic E-state index is 11.1. The smallest absolute Gasteiger partial charge is 0.319 e. The van der Waals surface area contributed by atoms with Crippen LogP contribution in [0.4, 0.5) is 0 Å². The third-order valence-electron chi connectivity index (χ3n) is 2.79. The van der Waals surface area contributed by atoms with E-state index in [-0.39, 0.29) is 5.97 Å². The van der Waals surface area contributed by atoms with E-state index in [4.69, 9.17) is 4.74 Å². The van der Waals surface area contributed by atoms with E-state index in [0.29, 0.717) is 25.2 Å². The Kier molecular flexibility index (Phi) is 5.05. The van der Waals surface area contributed by atoms with Gasteiger partial charge in [-0.25, -0.2) is 0 Å². The highest BCUT2D eigenvalue weighted by Crippen LogP contribution is 2.11. The minimum absolute atomic E-state index is 0.152. The predicted molar refractivity (Wildman–Crippen MR) is 59.7 cm³/mol. The quantitative estimate of drug-likeness (QED) is 0.681. The highest BCUT2D eigenvalue weighted by Gasteiger charge is 2.24. The molecule has 0 aromatic carbocycles. The first-order valence-corrected chi connectivity index (χ1v) is 5.76. The van der Waals surface area contributed by atoms with Crippen LogP contribution in [-0.4, -0.2) is 49.2 Å². The minimum atomic E-state index is -0.152. The largest absolute Gasteiger partial charge is 0.465 e. The fourth-order valence-electron chi connectivity index (χ4n) is 1.86. The monoisotopic (exact) mass is 214 g/mol. The van der Waals surface area contributed by atoms with Gasteiger partial charge in [-0.05, 0) is 33.7 Å². The molecule has 0 aromatic rings. The molecule has 4 nitrogen and oxygen atoms in total. The third-order valence-corrected chi connectivity index (χ3v) is 2.79. The van der Waals surface area contributed by atoms with E-state index in [1.807, 2.05) is 6.92 Å². The molecule has 0 spiro atoms. The van der Waals surface area contributed by atoms with Gasteiger partial charge in [0.25, 0.3) is 0 Å². The van der Waals surface area contributed by atoms with Crippen molar-refractivity contribution in [3.8, 4) is 0 Å². The van der Waals surface area contributed by atoms with E-state index in [2.05, 4.69) is 24.1 Å². The van der Waals surface area contributed by atoms with Crippen molar-refractivity contribution in [2.45, 2.75) is 39.3 Å². The summed E-state index contributed by atoms with van der Waals surface area (Å²) in [5.41, 5.74) is 0. The van der Waals surface area contributed by atoms with Crippen LogP contribution < -0.4 is 5.32 Å². The lowest BCUT2D eigenvalue weighted by atomic mass is 10.2. The van der Waals surface area contributed by atoms with E-state index in [9.17, 15) is 4.79 Å². The molecular weight excluding hydrogens is 192 g/mol. The molecule has 1 aliphatic heterocycles. The predicted octanol–water partition coefficient (Wildman–Crippen LogP) is 0.622. The first-order valence-electron chi connectivity index (χ1n) is 5.76. The lowest BCUT2D eigenvalue weighted by Crippen LogP contribution is -2.38. The van der Waals surface area contributed by atoms with Crippen LogP contribution in [0.3, 0.4) is 0 Å². The SMILES string of the molecule is CCOC(=O)CNC1CCN(C(C)C)C1. The molecule has 15 heavy (non-hydrogen) atoms.